The van der Waals surface area contributed by atoms with E-state index in [1.807, 2.05) is 0 Å². The third-order valence-electron chi connectivity index (χ3n) is 17.4. The van der Waals surface area contributed by atoms with Gasteiger partial charge in [-0.15, -0.1) is 0 Å². The first-order valence-corrected chi connectivity index (χ1v) is 27.6. The maximum absolute atomic E-state index is 5.93. The number of pyridine rings is 1. The Bertz CT molecular complexity index is 1820. The van der Waals surface area contributed by atoms with E-state index in [4.69, 9.17) is 4.98 Å². The van der Waals surface area contributed by atoms with Gasteiger partial charge in [0.1, 0.15) is 11.6 Å². The molecule has 4 unspecified atom stereocenters. The zero-order valence-corrected chi connectivity index (χ0v) is 40.6. The Hall–Kier alpha value is -2.54. The van der Waals surface area contributed by atoms with Crippen molar-refractivity contribution in [1.82, 2.24) is 23.2 Å². The van der Waals surface area contributed by atoms with Gasteiger partial charge in [-0.2, -0.15) is 0 Å². The molecule has 9 heteroatoms. The van der Waals surface area contributed by atoms with Gasteiger partial charge in [0.15, 0.2) is 0 Å². The second-order valence-electron chi connectivity index (χ2n) is 23.4. The van der Waals surface area contributed by atoms with Crippen LogP contribution in [-0.2, 0) is 0 Å². The van der Waals surface area contributed by atoms with Crippen molar-refractivity contribution in [3.8, 4) is 0 Å². The molecule has 7 nitrogen and oxygen atoms in total. The molecule has 1 aromatic heterocycles. The summed E-state index contributed by atoms with van der Waals surface area (Å²) in [5, 5.41) is 0. The van der Waals surface area contributed by atoms with Gasteiger partial charge in [-0.05, 0) is 191 Å². The molecule has 13 rings (SSSR count). The summed E-state index contributed by atoms with van der Waals surface area (Å²) in [6.45, 7) is 21.8. The van der Waals surface area contributed by atoms with Crippen LogP contribution in [0.3, 0.4) is 0 Å². The highest BCUT2D eigenvalue weighted by Crippen LogP contribution is 2.64. The molecule has 4 atom stereocenters. The first-order chi connectivity index (χ1) is 28.8. The summed E-state index contributed by atoms with van der Waals surface area (Å²) in [6, 6.07) is 30.4. The van der Waals surface area contributed by atoms with Crippen molar-refractivity contribution in [1.29, 1.82) is 0 Å². The van der Waals surface area contributed by atoms with Crippen molar-refractivity contribution in [3.05, 3.63) is 90.0 Å². The molecular formula is C51H75N7Si2. The lowest BCUT2D eigenvalue weighted by Gasteiger charge is -2.73. The van der Waals surface area contributed by atoms with E-state index in [1.54, 1.807) is 0 Å². The fraction of sp³-hybridized carbons (Fsp3) is 0.667. The quantitative estimate of drug-likeness (QED) is 0.188. The number of rotatable bonds is 10. The topological polar surface area (TPSA) is 32.3 Å². The highest BCUT2D eigenvalue weighted by atomic mass is 28.3. The monoisotopic (exact) mass is 842 g/mol. The lowest BCUT2D eigenvalue weighted by atomic mass is 9.53. The highest BCUT2D eigenvalue weighted by molar-refractivity contribution is 6.61. The van der Waals surface area contributed by atoms with Gasteiger partial charge >= 0.3 is 18.6 Å². The van der Waals surface area contributed by atoms with Gasteiger partial charge in [0.05, 0.1) is 12.3 Å². The lowest BCUT2D eigenvalue weighted by Crippen LogP contribution is -2.85. The fourth-order valence-electron chi connectivity index (χ4n) is 16.2. The number of aromatic nitrogens is 1. The third-order valence-corrected chi connectivity index (χ3v) is 25.6. The van der Waals surface area contributed by atoms with Crippen LogP contribution in [0.2, 0.25) is 0 Å². The Morgan fingerprint density at radius 3 is 1.10 bits per heavy atom. The van der Waals surface area contributed by atoms with E-state index in [1.165, 1.54) is 99.8 Å². The van der Waals surface area contributed by atoms with Crippen LogP contribution < -0.4 is 9.13 Å². The molecule has 2 aliphatic heterocycles. The molecule has 0 spiro atoms. The first-order valence-electron chi connectivity index (χ1n) is 24.5. The number of hydrogen-bond acceptors (Lipinski definition) is 7. The molecule has 8 saturated carbocycles. The van der Waals surface area contributed by atoms with Gasteiger partial charge in [0.25, 0.3) is 0 Å². The van der Waals surface area contributed by atoms with Crippen LogP contribution in [-0.4, -0.2) is 77.1 Å². The normalized spacial score (nSPS) is 38.9. The van der Waals surface area contributed by atoms with Gasteiger partial charge in [0.2, 0.25) is 0 Å². The average molecular weight is 842 g/mol. The van der Waals surface area contributed by atoms with E-state index in [2.05, 4.69) is 162 Å². The molecule has 3 aromatic rings. The van der Waals surface area contributed by atoms with Crippen LogP contribution in [0.15, 0.2) is 78.9 Å². The van der Waals surface area contributed by atoms with Crippen molar-refractivity contribution in [2.24, 2.45) is 35.5 Å². The van der Waals surface area contributed by atoms with Gasteiger partial charge in [-0.1, -0.05) is 66.7 Å². The minimum absolute atomic E-state index is 0.0353. The maximum Gasteiger partial charge on any atom is 0.307 e. The van der Waals surface area contributed by atoms with E-state index >= 15 is 0 Å². The van der Waals surface area contributed by atoms with Crippen molar-refractivity contribution in [3.63, 3.8) is 0 Å². The molecule has 0 N–H and O–H groups in total. The second kappa shape index (κ2) is 14.5. The summed E-state index contributed by atoms with van der Waals surface area (Å²) < 4.78 is 18.1. The molecule has 10 aliphatic rings. The zero-order chi connectivity index (χ0) is 41.3. The third kappa shape index (κ3) is 6.31. The van der Waals surface area contributed by atoms with Crippen LogP contribution in [0, 0.1) is 35.5 Å². The van der Waals surface area contributed by atoms with Crippen molar-refractivity contribution >= 4 is 30.2 Å². The average Bonchev–Trinajstić information content (AvgIpc) is 3.16. The molecule has 322 valence electrons. The smallest absolute Gasteiger partial charge is 0.307 e. The molecule has 0 radical (unpaired) electrons. The van der Waals surface area contributed by atoms with Crippen molar-refractivity contribution in [2.75, 3.05) is 22.2 Å². The first kappa shape index (κ1) is 40.3. The summed E-state index contributed by atoms with van der Waals surface area (Å²) >= 11 is 0. The molecule has 8 bridgehead atoms. The Labute approximate surface area is 366 Å². The Kier molecular flexibility index (Phi) is 9.72. The maximum atomic E-state index is 5.93. The van der Waals surface area contributed by atoms with E-state index in [0.29, 0.717) is 23.4 Å². The SMILES string of the molecule is CCN(c1cccc(N(CC)[SiH]2N(C(C)(C)C)C(c3ccccc3)N2C23CC4CC(CC(C4)C2)C3)n1)[SiH]1N(C(C)(C)C)C(c2ccccc2)N1C12CC3CC(CC(C3)C1)C2. The summed E-state index contributed by atoms with van der Waals surface area (Å²) in [6.07, 6.45) is 17.9. The summed E-state index contributed by atoms with van der Waals surface area (Å²) in [5.74, 6) is 7.89. The molecule has 10 fully saturated rings. The van der Waals surface area contributed by atoms with Gasteiger partial charge in [0, 0.05) is 35.2 Å². The molecule has 2 saturated heterocycles. The standard InChI is InChI=1S/C51H75N7Si2/c1-9-53(59-55(48(3,4)5)46(42-18-13-11-14-19-42)57(59)50-30-36-24-37(31-50)26-38(25-36)32-50)44-22-17-23-45(52-44)54(10-2)60-56(49(6,7)8)47(43-20-15-12-16-21-43)58(60)51-33-39-27-40(34-51)29-41(28-39)35-51/h11-23,36-41,46-47,59-60H,9-10,24-35H2,1-8H3. The Balaban J connectivity index is 0.995. The molecule has 60 heavy (non-hydrogen) atoms. The number of benzene rings is 2. The summed E-state index contributed by atoms with van der Waals surface area (Å²) in [4.78, 5) is 5.93. The Morgan fingerprint density at radius 1 is 0.500 bits per heavy atom. The van der Waals surface area contributed by atoms with Crippen LogP contribution in [0.4, 0.5) is 11.6 Å². The number of anilines is 2. The lowest BCUT2D eigenvalue weighted by molar-refractivity contribution is -0.132. The van der Waals surface area contributed by atoms with Crippen LogP contribution in [0.5, 0.6) is 0 Å². The molecule has 8 aliphatic carbocycles. The van der Waals surface area contributed by atoms with Crippen LogP contribution in [0.1, 0.15) is 156 Å². The van der Waals surface area contributed by atoms with Crippen molar-refractivity contribution in [2.45, 2.75) is 167 Å². The largest absolute Gasteiger partial charge is 0.360 e. The van der Waals surface area contributed by atoms with E-state index in [-0.39, 0.29) is 11.1 Å². The molecular weight excluding hydrogens is 767 g/mol. The number of nitrogens with zero attached hydrogens (tertiary/aromatic N) is 7. The van der Waals surface area contributed by atoms with Crippen LogP contribution in [0.25, 0.3) is 0 Å². The van der Waals surface area contributed by atoms with Crippen LogP contribution >= 0.6 is 0 Å². The summed E-state index contributed by atoms with van der Waals surface area (Å²) in [7, 11) is -3.79. The molecule has 3 heterocycles. The van der Waals surface area contributed by atoms with E-state index < -0.39 is 18.6 Å². The zero-order valence-electron chi connectivity index (χ0n) is 38.3. The minimum Gasteiger partial charge on any atom is -0.360 e. The van der Waals surface area contributed by atoms with E-state index in [0.717, 1.165) is 48.6 Å². The predicted octanol–water partition coefficient (Wildman–Crippen LogP) is 10.3. The van der Waals surface area contributed by atoms with Gasteiger partial charge in [-0.3, -0.25) is 18.3 Å². The van der Waals surface area contributed by atoms with Gasteiger partial charge < -0.3 is 9.13 Å². The Morgan fingerprint density at radius 2 is 0.817 bits per heavy atom. The van der Waals surface area contributed by atoms with Gasteiger partial charge in [-0.25, -0.2) is 4.98 Å². The number of hydrogen-bond donors (Lipinski definition) is 0. The summed E-state index contributed by atoms with van der Waals surface area (Å²) in [5.41, 5.74) is 3.66. The minimum atomic E-state index is -1.90. The fourth-order valence-corrected chi connectivity index (χ4v) is 24.2. The highest BCUT2D eigenvalue weighted by Gasteiger charge is 2.68. The second-order valence-corrected chi connectivity index (χ2v) is 28.3. The van der Waals surface area contributed by atoms with E-state index in [9.17, 15) is 0 Å². The molecule has 0 amide bonds. The predicted molar refractivity (Wildman–Crippen MR) is 252 cm³/mol. The molecule has 2 aromatic carbocycles. The van der Waals surface area contributed by atoms with Crippen molar-refractivity contribution < 1.29 is 0 Å².